The Morgan fingerprint density at radius 1 is 1.35 bits per heavy atom. The fourth-order valence-electron chi connectivity index (χ4n) is 1.25. The molecule has 1 rings (SSSR count). The molecule has 0 unspecified atom stereocenters. The third kappa shape index (κ3) is 3.71. The van der Waals surface area contributed by atoms with E-state index in [0.29, 0.717) is 0 Å². The van der Waals surface area contributed by atoms with Crippen LogP contribution in [0.4, 0.5) is 0 Å². The summed E-state index contributed by atoms with van der Waals surface area (Å²) in [5.41, 5.74) is 0.170. The SMILES string of the molecule is CC(C)NC(=O)c1cc(S(C)(=O)=O)ccc1Cl. The maximum absolute atomic E-state index is 11.8. The van der Waals surface area contributed by atoms with E-state index in [4.69, 9.17) is 11.6 Å². The Labute approximate surface area is 106 Å². The first-order valence-electron chi connectivity index (χ1n) is 5.02. The summed E-state index contributed by atoms with van der Waals surface area (Å²) in [6.45, 7) is 3.62. The van der Waals surface area contributed by atoms with E-state index in [1.54, 1.807) is 0 Å². The van der Waals surface area contributed by atoms with Crippen molar-refractivity contribution in [1.29, 1.82) is 0 Å². The monoisotopic (exact) mass is 275 g/mol. The van der Waals surface area contributed by atoms with Crippen molar-refractivity contribution >= 4 is 27.3 Å². The summed E-state index contributed by atoms with van der Waals surface area (Å²) in [4.78, 5) is 11.8. The normalized spacial score (nSPS) is 11.6. The average Bonchev–Trinajstić information content (AvgIpc) is 2.15. The number of carbonyl (C=O) groups is 1. The molecule has 1 aromatic carbocycles. The van der Waals surface area contributed by atoms with Gasteiger partial charge in [-0.25, -0.2) is 8.42 Å². The zero-order valence-corrected chi connectivity index (χ0v) is 11.4. The van der Waals surface area contributed by atoms with Crippen molar-refractivity contribution in [2.75, 3.05) is 6.26 Å². The minimum absolute atomic E-state index is 0.0412. The van der Waals surface area contributed by atoms with E-state index < -0.39 is 9.84 Å². The van der Waals surface area contributed by atoms with Gasteiger partial charge >= 0.3 is 0 Å². The van der Waals surface area contributed by atoms with Gasteiger partial charge in [0.15, 0.2) is 9.84 Å². The second-order valence-corrected chi connectivity index (χ2v) is 6.46. The molecule has 0 saturated carbocycles. The van der Waals surface area contributed by atoms with Gasteiger partial charge in [0.1, 0.15) is 0 Å². The molecule has 6 heteroatoms. The molecule has 0 aliphatic rings. The van der Waals surface area contributed by atoms with E-state index in [-0.39, 0.29) is 27.4 Å². The van der Waals surface area contributed by atoms with Crippen LogP contribution in [0.3, 0.4) is 0 Å². The van der Waals surface area contributed by atoms with E-state index in [0.717, 1.165) is 6.26 Å². The number of rotatable bonds is 3. The molecule has 94 valence electrons. The minimum atomic E-state index is -3.34. The highest BCUT2D eigenvalue weighted by Gasteiger charge is 2.15. The predicted octanol–water partition coefficient (Wildman–Crippen LogP) is 1.88. The molecule has 0 aliphatic carbocycles. The standard InChI is InChI=1S/C11H14ClNO3S/c1-7(2)13-11(14)9-6-8(17(3,15)16)4-5-10(9)12/h4-7H,1-3H3,(H,13,14). The van der Waals surface area contributed by atoms with Gasteiger partial charge in [0.2, 0.25) is 0 Å². The number of amides is 1. The topological polar surface area (TPSA) is 63.2 Å². The molecule has 0 aliphatic heterocycles. The lowest BCUT2D eigenvalue weighted by atomic mass is 10.2. The van der Waals surface area contributed by atoms with Gasteiger partial charge in [0.25, 0.3) is 5.91 Å². The molecule has 0 atom stereocenters. The van der Waals surface area contributed by atoms with Gasteiger partial charge in [-0.05, 0) is 32.0 Å². The van der Waals surface area contributed by atoms with Crippen LogP contribution in [0.25, 0.3) is 0 Å². The van der Waals surface area contributed by atoms with Gasteiger partial charge in [0, 0.05) is 12.3 Å². The van der Waals surface area contributed by atoms with Gasteiger partial charge in [-0.3, -0.25) is 4.79 Å². The first kappa shape index (κ1) is 14.0. The summed E-state index contributed by atoms with van der Waals surface area (Å²) in [7, 11) is -3.34. The van der Waals surface area contributed by atoms with Crippen molar-refractivity contribution in [3.05, 3.63) is 28.8 Å². The molecule has 0 heterocycles. The third-order valence-electron chi connectivity index (χ3n) is 2.03. The van der Waals surface area contributed by atoms with Crippen molar-refractivity contribution in [2.24, 2.45) is 0 Å². The third-order valence-corrected chi connectivity index (χ3v) is 3.47. The lowest BCUT2D eigenvalue weighted by Crippen LogP contribution is -2.30. The fraction of sp³-hybridized carbons (Fsp3) is 0.364. The van der Waals surface area contributed by atoms with E-state index in [1.807, 2.05) is 13.8 Å². The summed E-state index contributed by atoms with van der Waals surface area (Å²) in [5, 5.41) is 2.89. The number of sulfone groups is 1. The highest BCUT2D eigenvalue weighted by molar-refractivity contribution is 7.90. The van der Waals surface area contributed by atoms with Crippen molar-refractivity contribution in [3.8, 4) is 0 Å². The number of nitrogens with one attached hydrogen (secondary N) is 1. The first-order valence-corrected chi connectivity index (χ1v) is 7.29. The van der Waals surface area contributed by atoms with Gasteiger partial charge in [-0.15, -0.1) is 0 Å². The maximum atomic E-state index is 11.8. The Hall–Kier alpha value is -1.07. The summed E-state index contributed by atoms with van der Waals surface area (Å²) in [5.74, 6) is -0.379. The van der Waals surface area contributed by atoms with Crippen LogP contribution in [0.1, 0.15) is 24.2 Å². The Balaban J connectivity index is 3.20. The molecule has 17 heavy (non-hydrogen) atoms. The van der Waals surface area contributed by atoms with Gasteiger partial charge in [0.05, 0.1) is 15.5 Å². The summed E-state index contributed by atoms with van der Waals surface area (Å²) >= 11 is 5.87. The molecule has 0 fully saturated rings. The number of halogens is 1. The predicted molar refractivity (Wildman–Crippen MR) is 67.2 cm³/mol. The summed E-state index contributed by atoms with van der Waals surface area (Å²) < 4.78 is 22.7. The van der Waals surface area contributed by atoms with Gasteiger partial charge in [-0.2, -0.15) is 0 Å². The molecule has 4 nitrogen and oxygen atoms in total. The Morgan fingerprint density at radius 2 is 1.94 bits per heavy atom. The molecule has 1 amide bonds. The number of hydrogen-bond acceptors (Lipinski definition) is 3. The molecule has 0 spiro atoms. The highest BCUT2D eigenvalue weighted by atomic mass is 35.5. The van der Waals surface area contributed by atoms with Crippen LogP contribution in [0.5, 0.6) is 0 Å². The van der Waals surface area contributed by atoms with Crippen LogP contribution in [-0.4, -0.2) is 26.6 Å². The van der Waals surface area contributed by atoms with Crippen LogP contribution in [0.2, 0.25) is 5.02 Å². The highest BCUT2D eigenvalue weighted by Crippen LogP contribution is 2.20. The average molecular weight is 276 g/mol. The molecular formula is C11H14ClNO3S. The van der Waals surface area contributed by atoms with Crippen LogP contribution in [0, 0.1) is 0 Å². The zero-order valence-electron chi connectivity index (χ0n) is 9.82. The fourth-order valence-corrected chi connectivity index (χ4v) is 2.10. The Bertz CT molecular complexity index is 538. The second kappa shape index (κ2) is 5.06. The van der Waals surface area contributed by atoms with E-state index in [9.17, 15) is 13.2 Å². The lowest BCUT2D eigenvalue weighted by Gasteiger charge is -2.10. The summed E-state index contributed by atoms with van der Waals surface area (Å²) in [6, 6.07) is 4.03. The van der Waals surface area contributed by atoms with Crippen molar-refractivity contribution < 1.29 is 13.2 Å². The van der Waals surface area contributed by atoms with Gasteiger partial charge < -0.3 is 5.32 Å². The quantitative estimate of drug-likeness (QED) is 0.916. The largest absolute Gasteiger partial charge is 0.350 e. The van der Waals surface area contributed by atoms with Crippen molar-refractivity contribution in [3.63, 3.8) is 0 Å². The molecule has 0 bridgehead atoms. The Morgan fingerprint density at radius 3 is 2.41 bits per heavy atom. The zero-order chi connectivity index (χ0) is 13.2. The smallest absolute Gasteiger partial charge is 0.253 e. The number of hydrogen-bond donors (Lipinski definition) is 1. The lowest BCUT2D eigenvalue weighted by molar-refractivity contribution is 0.0943. The minimum Gasteiger partial charge on any atom is -0.350 e. The van der Waals surface area contributed by atoms with Crippen molar-refractivity contribution in [2.45, 2.75) is 24.8 Å². The van der Waals surface area contributed by atoms with E-state index in [1.165, 1.54) is 18.2 Å². The van der Waals surface area contributed by atoms with E-state index >= 15 is 0 Å². The Kier molecular flexibility index (Phi) is 4.16. The van der Waals surface area contributed by atoms with Crippen LogP contribution >= 0.6 is 11.6 Å². The number of carbonyl (C=O) groups excluding carboxylic acids is 1. The molecule has 1 N–H and O–H groups in total. The van der Waals surface area contributed by atoms with Crippen LogP contribution in [0.15, 0.2) is 23.1 Å². The number of benzene rings is 1. The molecular weight excluding hydrogens is 262 g/mol. The van der Waals surface area contributed by atoms with E-state index in [2.05, 4.69) is 5.32 Å². The second-order valence-electron chi connectivity index (χ2n) is 4.04. The van der Waals surface area contributed by atoms with Crippen LogP contribution < -0.4 is 5.32 Å². The molecule has 0 aromatic heterocycles. The first-order chi connectivity index (χ1) is 7.71. The van der Waals surface area contributed by atoms with Gasteiger partial charge in [-0.1, -0.05) is 11.6 Å². The maximum Gasteiger partial charge on any atom is 0.253 e. The molecule has 0 saturated heterocycles. The molecule has 0 radical (unpaired) electrons. The molecule has 1 aromatic rings. The van der Waals surface area contributed by atoms with Crippen molar-refractivity contribution in [1.82, 2.24) is 5.32 Å². The van der Waals surface area contributed by atoms with Crippen LogP contribution in [-0.2, 0) is 9.84 Å². The summed E-state index contributed by atoms with van der Waals surface area (Å²) in [6.07, 6.45) is 1.08.